The van der Waals surface area contributed by atoms with E-state index in [1.807, 2.05) is 27.7 Å². The predicted molar refractivity (Wildman–Crippen MR) is 385 cm³/mol. The summed E-state index contributed by atoms with van der Waals surface area (Å²) in [6, 6.07) is -5.70. The van der Waals surface area contributed by atoms with Crippen LogP contribution in [-0.2, 0) is 70.1 Å². The van der Waals surface area contributed by atoms with E-state index in [1.54, 1.807) is 11.8 Å². The molecular formula is C75H118ClF3N12O12. The molecule has 24 nitrogen and oxygen atoms in total. The van der Waals surface area contributed by atoms with Gasteiger partial charge in [-0.3, -0.25) is 57.5 Å². The quantitative estimate of drug-likeness (QED) is 0.164. The van der Waals surface area contributed by atoms with E-state index in [9.17, 15) is 41.9 Å². The monoisotopic (exact) mass is 1470 g/mol. The molecule has 2 aliphatic heterocycles. The number of carbonyl (C=O) groups is 12. The largest absolute Gasteiger partial charge is 0.417 e. The minimum atomic E-state index is -4.77. The van der Waals surface area contributed by atoms with Gasteiger partial charge in [0.25, 0.3) is 0 Å². The van der Waals surface area contributed by atoms with Crippen LogP contribution in [0.1, 0.15) is 206 Å². The van der Waals surface area contributed by atoms with E-state index in [0.717, 1.165) is 84.6 Å². The van der Waals surface area contributed by atoms with E-state index in [1.165, 1.54) is 86.9 Å². The Balaban J connectivity index is 1.46. The summed E-state index contributed by atoms with van der Waals surface area (Å²) in [7, 11) is 11.4. The molecule has 2 saturated heterocycles. The van der Waals surface area contributed by atoms with Crippen LogP contribution in [0.15, 0.2) is 18.2 Å². The van der Waals surface area contributed by atoms with Gasteiger partial charge in [-0.05, 0) is 118 Å². The molecule has 5 fully saturated rings. The summed E-state index contributed by atoms with van der Waals surface area (Å²) in [5.74, 6) is -8.85. The highest BCUT2D eigenvalue weighted by atomic mass is 35.5. The maximum Gasteiger partial charge on any atom is 0.417 e. The third kappa shape index (κ3) is 22.5. The lowest BCUT2D eigenvalue weighted by molar-refractivity contribution is -0.157. The first-order valence-corrected chi connectivity index (χ1v) is 38.1. The Morgan fingerprint density at radius 1 is 0.602 bits per heavy atom. The molecule has 1 aromatic carbocycles. The third-order valence-corrected chi connectivity index (χ3v) is 22.8. The SMILES string of the molecule is CCCC[C@H]1C(=O)NC2(CCCC2)C(=O)N(C)[C@@H](C2CCCCC2)C(=O)N(C)[C@H](C(=O)N2CCCCC2)CC(=O)N(C)[C@@H](CC(C)C)C(=O)N[C@@H]([C@@H](C)CC)C(=O)N(C)CC(=O)N(C)CC(=O)N(C)[C@@H](CC2CCCCC2)C(=O)N(C)CC(=O)N[C@@H](CCc2ccc(C(F)(F)F)c(Cl)c2)C(=O)N1C. The molecule has 5 aliphatic rings. The van der Waals surface area contributed by atoms with Crippen LogP contribution in [-0.4, -0.2) is 252 Å². The van der Waals surface area contributed by atoms with Gasteiger partial charge in [0.2, 0.25) is 70.9 Å². The molecule has 0 aromatic heterocycles. The first-order valence-electron chi connectivity index (χ1n) is 37.7. The Bertz CT molecular complexity index is 3130. The highest BCUT2D eigenvalue weighted by Crippen LogP contribution is 2.38. The van der Waals surface area contributed by atoms with Gasteiger partial charge in [-0.2, -0.15) is 13.2 Å². The minimum absolute atomic E-state index is 0.0132. The number of piperidine rings is 1. The molecular weight excluding hydrogens is 1350 g/mol. The molecule has 28 heteroatoms. The van der Waals surface area contributed by atoms with E-state index in [2.05, 4.69) is 16.0 Å². The molecule has 0 radical (unpaired) electrons. The fourth-order valence-corrected chi connectivity index (χ4v) is 16.0. The maximum atomic E-state index is 15.9. The van der Waals surface area contributed by atoms with Crippen molar-refractivity contribution in [2.75, 3.05) is 89.1 Å². The van der Waals surface area contributed by atoms with E-state index in [4.69, 9.17) is 11.6 Å². The summed E-state index contributed by atoms with van der Waals surface area (Å²) >= 11 is 6.18. The Morgan fingerprint density at radius 3 is 1.77 bits per heavy atom. The number of likely N-dealkylation sites (tertiary alicyclic amines) is 1. The zero-order chi connectivity index (χ0) is 76.4. The molecule has 2 heterocycles. The van der Waals surface area contributed by atoms with Crippen molar-refractivity contribution in [3.8, 4) is 0 Å². The first-order chi connectivity index (χ1) is 48.6. The Labute approximate surface area is 613 Å². The second-order valence-corrected chi connectivity index (χ2v) is 31.0. The van der Waals surface area contributed by atoms with Gasteiger partial charge in [-0.25, -0.2) is 0 Å². The molecule has 3 saturated carbocycles. The van der Waals surface area contributed by atoms with E-state index >= 15 is 28.8 Å². The molecule has 3 aliphatic carbocycles. The number of aryl methyl sites for hydroxylation is 1. The van der Waals surface area contributed by atoms with Gasteiger partial charge in [0.05, 0.1) is 36.6 Å². The Kier molecular flexibility index (Phi) is 32.0. The van der Waals surface area contributed by atoms with E-state index in [-0.39, 0.29) is 56.8 Å². The van der Waals surface area contributed by atoms with Gasteiger partial charge in [0.15, 0.2) is 0 Å². The Hall–Kier alpha value is -7.06. The number of rotatable bonds is 14. The van der Waals surface area contributed by atoms with Gasteiger partial charge in [0.1, 0.15) is 47.8 Å². The van der Waals surface area contributed by atoms with Gasteiger partial charge >= 0.3 is 6.18 Å². The normalized spacial score (nSPS) is 26.0. The molecule has 0 unspecified atom stereocenters. The van der Waals surface area contributed by atoms with Gasteiger partial charge in [-0.1, -0.05) is 136 Å². The fraction of sp³-hybridized carbons (Fsp3) is 0.760. The fourth-order valence-electron chi connectivity index (χ4n) is 15.6. The van der Waals surface area contributed by atoms with Crippen LogP contribution in [0.4, 0.5) is 13.2 Å². The van der Waals surface area contributed by atoms with Crippen molar-refractivity contribution in [3.05, 3.63) is 34.3 Å². The van der Waals surface area contributed by atoms with Crippen LogP contribution in [0.5, 0.6) is 0 Å². The van der Waals surface area contributed by atoms with Crippen molar-refractivity contribution < 1.29 is 70.7 Å². The minimum Gasteiger partial charge on any atom is -0.343 e. The second kappa shape index (κ2) is 38.8. The molecule has 103 heavy (non-hydrogen) atoms. The van der Waals surface area contributed by atoms with Crippen molar-refractivity contribution in [1.29, 1.82) is 0 Å². The van der Waals surface area contributed by atoms with Gasteiger partial charge in [-0.15, -0.1) is 0 Å². The van der Waals surface area contributed by atoms with Crippen molar-refractivity contribution in [2.45, 2.75) is 256 Å². The maximum absolute atomic E-state index is 15.9. The molecule has 8 atom stereocenters. The van der Waals surface area contributed by atoms with Crippen LogP contribution < -0.4 is 16.0 Å². The van der Waals surface area contributed by atoms with E-state index in [0.29, 0.717) is 76.4 Å². The zero-order valence-corrected chi connectivity index (χ0v) is 64.2. The van der Waals surface area contributed by atoms with Crippen molar-refractivity contribution in [1.82, 2.24) is 60.0 Å². The van der Waals surface area contributed by atoms with Crippen LogP contribution in [0.25, 0.3) is 0 Å². The molecule has 0 bridgehead atoms. The molecule has 12 amide bonds. The molecule has 1 aromatic rings. The number of hydrogen-bond acceptors (Lipinski definition) is 12. The average Bonchev–Trinajstić information content (AvgIpc) is 1.76. The number of amides is 12. The lowest BCUT2D eigenvalue weighted by atomic mass is 9.81. The van der Waals surface area contributed by atoms with Gasteiger partial charge < -0.3 is 60.0 Å². The van der Waals surface area contributed by atoms with Crippen molar-refractivity contribution in [3.63, 3.8) is 0 Å². The van der Waals surface area contributed by atoms with Crippen molar-refractivity contribution in [2.24, 2.45) is 23.7 Å². The third-order valence-electron chi connectivity index (χ3n) is 22.5. The first kappa shape index (κ1) is 84.9. The lowest BCUT2D eigenvalue weighted by Crippen LogP contribution is -2.65. The van der Waals surface area contributed by atoms with E-state index < -0.39 is 173 Å². The summed E-state index contributed by atoms with van der Waals surface area (Å²) in [6.07, 6.45) is 7.53. The molecule has 3 N–H and O–H groups in total. The standard InChI is InChI=1S/C75H118ClF3N12O12/c1-14-16-32-56-67(97)82-74(37-24-25-38-74)73(103)90(13)65(52-30-22-18-23-31-52)72(102)89(12)59(70(100)91-39-26-19-27-40-91)44-61(93)86(9)57(41-48(3)4)66(96)81-64(49(5)15-2)71(101)85(8)46-62(94)83(6)47-63(95)87(10)58(43-50-28-20-17-21-29-50)69(99)84(7)45-60(92)80-55(68(98)88(56)11)36-34-51-33-35-53(54(76)42-51)75(77,78)79/h33,35,42,48-50,52,55-59,64-65H,14-32,34,36-41,43-47H2,1-13H3,(H,80,92)(H,81,96)(H,82,97)/t49-,55-,56-,57-,58-,59-,64-,65-/m0/s1. The topological polar surface area (TPSA) is 270 Å². The molecule has 6 rings (SSSR count). The number of unbranched alkanes of at least 4 members (excludes halogenated alkanes) is 1. The van der Waals surface area contributed by atoms with Crippen LogP contribution in [0.2, 0.25) is 5.02 Å². The summed E-state index contributed by atoms with van der Waals surface area (Å²) in [6.45, 7) is 8.29. The number of carbonyl (C=O) groups excluding carboxylic acids is 12. The summed E-state index contributed by atoms with van der Waals surface area (Å²) in [5, 5.41) is 8.21. The number of likely N-dealkylation sites (N-methyl/N-ethyl adjacent to an activating group) is 8. The number of halogens is 4. The van der Waals surface area contributed by atoms with Crippen LogP contribution in [0.3, 0.4) is 0 Å². The number of alkyl halides is 3. The number of hydrogen-bond donors (Lipinski definition) is 3. The molecule has 1 spiro atoms. The second-order valence-electron chi connectivity index (χ2n) is 30.6. The number of benzene rings is 1. The predicted octanol–water partition coefficient (Wildman–Crippen LogP) is 7.45. The average molecular weight is 1470 g/mol. The van der Waals surface area contributed by atoms with Crippen LogP contribution >= 0.6 is 11.6 Å². The zero-order valence-electron chi connectivity index (χ0n) is 63.4. The summed E-state index contributed by atoms with van der Waals surface area (Å²) in [4.78, 5) is 192. The Morgan fingerprint density at radius 2 is 1.18 bits per heavy atom. The molecule has 578 valence electrons. The number of nitrogens with one attached hydrogen (secondary N) is 3. The lowest BCUT2D eigenvalue weighted by Gasteiger charge is -2.43. The summed E-state index contributed by atoms with van der Waals surface area (Å²) in [5.41, 5.74) is -2.38. The van der Waals surface area contributed by atoms with Gasteiger partial charge in [0, 0.05) is 69.5 Å². The number of nitrogens with zero attached hydrogens (tertiary/aromatic N) is 9. The van der Waals surface area contributed by atoms with Crippen molar-refractivity contribution >= 4 is 82.5 Å². The summed E-state index contributed by atoms with van der Waals surface area (Å²) < 4.78 is 41.8. The van der Waals surface area contributed by atoms with Crippen LogP contribution in [0, 0.1) is 23.7 Å². The highest BCUT2D eigenvalue weighted by Gasteiger charge is 2.51. The smallest absolute Gasteiger partial charge is 0.343 e. The highest BCUT2D eigenvalue weighted by molar-refractivity contribution is 6.31.